The van der Waals surface area contributed by atoms with Crippen molar-refractivity contribution in [1.82, 2.24) is 20.1 Å². The molecule has 25 heavy (non-hydrogen) atoms. The zero-order valence-electron chi connectivity index (χ0n) is 15.2. The second kappa shape index (κ2) is 7.49. The van der Waals surface area contributed by atoms with E-state index in [1.165, 1.54) is 6.33 Å². The van der Waals surface area contributed by atoms with E-state index < -0.39 is 5.60 Å². The van der Waals surface area contributed by atoms with Gasteiger partial charge >= 0.3 is 0 Å². The van der Waals surface area contributed by atoms with Crippen molar-refractivity contribution in [2.24, 2.45) is 13.0 Å². The molecule has 0 aliphatic rings. The lowest BCUT2D eigenvalue weighted by Gasteiger charge is -2.21. The van der Waals surface area contributed by atoms with Crippen LogP contribution in [0.4, 0.5) is 0 Å². The van der Waals surface area contributed by atoms with Gasteiger partial charge in [0.05, 0.1) is 6.04 Å². The van der Waals surface area contributed by atoms with E-state index in [2.05, 4.69) is 27.2 Å². The topological polar surface area (TPSA) is 80.0 Å². The molecule has 2 rings (SSSR count). The van der Waals surface area contributed by atoms with Gasteiger partial charge in [-0.15, -0.1) is 0 Å². The number of benzene rings is 1. The molecule has 0 spiro atoms. The maximum atomic E-state index is 12.7. The number of hydrogen-bond acceptors (Lipinski definition) is 4. The molecule has 0 bridgehead atoms. The van der Waals surface area contributed by atoms with E-state index in [0.717, 1.165) is 0 Å². The summed E-state index contributed by atoms with van der Waals surface area (Å²) < 4.78 is 1.66. The Labute approximate surface area is 148 Å². The minimum Gasteiger partial charge on any atom is -0.378 e. The SMILES string of the molecule is CC(C)C(NC(=O)c1cccc(C#CC(C)(C)O)c1)c1ncnn1C. The van der Waals surface area contributed by atoms with Gasteiger partial charge in [-0.3, -0.25) is 9.48 Å². The minimum absolute atomic E-state index is 0.157. The highest BCUT2D eigenvalue weighted by atomic mass is 16.3. The van der Waals surface area contributed by atoms with Gasteiger partial charge in [-0.05, 0) is 38.0 Å². The quantitative estimate of drug-likeness (QED) is 0.835. The molecule has 0 radical (unpaired) electrons. The van der Waals surface area contributed by atoms with Crippen molar-refractivity contribution in [3.8, 4) is 11.8 Å². The van der Waals surface area contributed by atoms with Gasteiger partial charge in [0.1, 0.15) is 17.8 Å². The van der Waals surface area contributed by atoms with Crippen LogP contribution in [-0.4, -0.2) is 31.4 Å². The predicted molar refractivity (Wildman–Crippen MR) is 95.7 cm³/mol. The zero-order valence-corrected chi connectivity index (χ0v) is 15.2. The number of hydrogen-bond donors (Lipinski definition) is 2. The van der Waals surface area contributed by atoms with Crippen molar-refractivity contribution in [2.45, 2.75) is 39.3 Å². The molecule has 0 aliphatic carbocycles. The average molecular weight is 340 g/mol. The minimum atomic E-state index is -1.08. The van der Waals surface area contributed by atoms with Crippen molar-refractivity contribution in [3.63, 3.8) is 0 Å². The molecule has 1 aromatic carbocycles. The number of aliphatic hydroxyl groups is 1. The maximum absolute atomic E-state index is 12.7. The summed E-state index contributed by atoms with van der Waals surface area (Å²) >= 11 is 0. The number of carbonyl (C=O) groups excluding carboxylic acids is 1. The summed E-state index contributed by atoms with van der Waals surface area (Å²) in [5, 5.41) is 16.8. The Kier molecular flexibility index (Phi) is 5.60. The van der Waals surface area contributed by atoms with Crippen molar-refractivity contribution < 1.29 is 9.90 Å². The predicted octanol–water partition coefficient (Wildman–Crippen LogP) is 2.06. The Morgan fingerprint density at radius 2 is 2.08 bits per heavy atom. The van der Waals surface area contributed by atoms with E-state index in [4.69, 9.17) is 0 Å². The van der Waals surface area contributed by atoms with Gasteiger partial charge in [0.15, 0.2) is 0 Å². The fraction of sp³-hybridized carbons (Fsp3) is 0.421. The first-order chi connectivity index (χ1) is 11.7. The number of rotatable bonds is 4. The molecular weight excluding hydrogens is 316 g/mol. The number of aryl methyl sites for hydroxylation is 1. The molecular formula is C19H24N4O2. The van der Waals surface area contributed by atoms with Crippen molar-refractivity contribution in [2.75, 3.05) is 0 Å². The van der Waals surface area contributed by atoms with Crippen LogP contribution in [0, 0.1) is 17.8 Å². The largest absolute Gasteiger partial charge is 0.378 e. The Hall–Kier alpha value is -2.65. The number of carbonyl (C=O) groups is 1. The van der Waals surface area contributed by atoms with Crippen molar-refractivity contribution in [3.05, 3.63) is 47.5 Å². The molecule has 0 saturated heterocycles. The van der Waals surface area contributed by atoms with Gasteiger partial charge in [0, 0.05) is 18.2 Å². The van der Waals surface area contributed by atoms with E-state index in [1.54, 1.807) is 49.8 Å². The van der Waals surface area contributed by atoms with E-state index in [-0.39, 0.29) is 17.9 Å². The molecule has 132 valence electrons. The number of aromatic nitrogens is 3. The second-order valence-electron chi connectivity index (χ2n) is 6.83. The smallest absolute Gasteiger partial charge is 0.251 e. The van der Waals surface area contributed by atoms with Gasteiger partial charge < -0.3 is 10.4 Å². The third-order valence-electron chi connectivity index (χ3n) is 3.62. The van der Waals surface area contributed by atoms with Crippen LogP contribution in [-0.2, 0) is 7.05 Å². The summed E-state index contributed by atoms with van der Waals surface area (Å²) in [7, 11) is 1.80. The van der Waals surface area contributed by atoms with Crippen LogP contribution in [0.2, 0.25) is 0 Å². The van der Waals surface area contributed by atoms with E-state index in [1.807, 2.05) is 13.8 Å². The molecule has 1 amide bonds. The van der Waals surface area contributed by atoms with Gasteiger partial charge in [0.25, 0.3) is 5.91 Å². The Morgan fingerprint density at radius 3 is 2.64 bits per heavy atom. The third kappa shape index (κ3) is 5.16. The molecule has 1 aromatic heterocycles. The maximum Gasteiger partial charge on any atom is 0.251 e. The Bertz CT molecular complexity index is 807. The molecule has 0 aliphatic heterocycles. The lowest BCUT2D eigenvalue weighted by atomic mass is 10.0. The summed E-state index contributed by atoms with van der Waals surface area (Å²) in [4.78, 5) is 16.9. The highest BCUT2D eigenvalue weighted by Gasteiger charge is 2.23. The molecule has 2 aromatic rings. The fourth-order valence-electron chi connectivity index (χ4n) is 2.30. The first-order valence-electron chi connectivity index (χ1n) is 8.18. The first kappa shape index (κ1) is 18.7. The van der Waals surface area contributed by atoms with Gasteiger partial charge in [0.2, 0.25) is 0 Å². The normalized spacial score (nSPS) is 12.4. The third-order valence-corrected chi connectivity index (χ3v) is 3.62. The van der Waals surface area contributed by atoms with E-state index in [0.29, 0.717) is 17.0 Å². The van der Waals surface area contributed by atoms with Gasteiger partial charge in [-0.1, -0.05) is 31.8 Å². The van der Waals surface area contributed by atoms with Crippen LogP contribution in [0.5, 0.6) is 0 Å². The summed E-state index contributed by atoms with van der Waals surface area (Å²) in [6, 6.07) is 6.78. The Balaban J connectivity index is 2.22. The van der Waals surface area contributed by atoms with Crippen LogP contribution < -0.4 is 5.32 Å². The molecule has 2 N–H and O–H groups in total. The summed E-state index contributed by atoms with van der Waals surface area (Å²) in [6.07, 6.45) is 1.48. The Morgan fingerprint density at radius 1 is 1.36 bits per heavy atom. The van der Waals surface area contributed by atoms with Crippen LogP contribution in [0.25, 0.3) is 0 Å². The van der Waals surface area contributed by atoms with E-state index >= 15 is 0 Å². The summed E-state index contributed by atoms with van der Waals surface area (Å²) in [6.45, 7) is 7.27. The monoisotopic (exact) mass is 340 g/mol. The lowest BCUT2D eigenvalue weighted by molar-refractivity contribution is 0.0922. The molecule has 1 heterocycles. The van der Waals surface area contributed by atoms with Crippen LogP contribution in [0.1, 0.15) is 55.5 Å². The zero-order chi connectivity index (χ0) is 18.6. The number of nitrogens with zero attached hydrogens (tertiary/aromatic N) is 3. The standard InChI is InChI=1S/C19H24N4O2/c1-13(2)16(17-20-12-21-23(17)5)22-18(24)15-8-6-7-14(11-15)9-10-19(3,4)25/h6-8,11-13,16,25H,1-5H3,(H,22,24). The van der Waals surface area contributed by atoms with Crippen molar-refractivity contribution in [1.29, 1.82) is 0 Å². The molecule has 6 heteroatoms. The number of nitrogens with one attached hydrogen (secondary N) is 1. The molecule has 6 nitrogen and oxygen atoms in total. The van der Waals surface area contributed by atoms with E-state index in [9.17, 15) is 9.90 Å². The molecule has 1 atom stereocenters. The molecule has 0 saturated carbocycles. The highest BCUT2D eigenvalue weighted by Crippen LogP contribution is 2.19. The highest BCUT2D eigenvalue weighted by molar-refractivity contribution is 5.94. The second-order valence-corrected chi connectivity index (χ2v) is 6.83. The van der Waals surface area contributed by atoms with Crippen molar-refractivity contribution >= 4 is 5.91 Å². The molecule has 1 unspecified atom stereocenters. The summed E-state index contributed by atoms with van der Waals surface area (Å²) in [5.74, 6) is 6.30. The van der Waals surface area contributed by atoms with Gasteiger partial charge in [-0.2, -0.15) is 5.10 Å². The van der Waals surface area contributed by atoms with Crippen LogP contribution >= 0.6 is 0 Å². The molecule has 0 fully saturated rings. The average Bonchev–Trinajstić information content (AvgIpc) is 2.95. The summed E-state index contributed by atoms with van der Waals surface area (Å²) in [5.41, 5.74) is 0.108. The number of amides is 1. The van der Waals surface area contributed by atoms with Gasteiger partial charge in [-0.25, -0.2) is 4.98 Å². The lowest BCUT2D eigenvalue weighted by Crippen LogP contribution is -2.33. The van der Waals surface area contributed by atoms with Crippen LogP contribution in [0.15, 0.2) is 30.6 Å². The van der Waals surface area contributed by atoms with Crippen LogP contribution in [0.3, 0.4) is 0 Å². The fourth-order valence-corrected chi connectivity index (χ4v) is 2.30. The first-order valence-corrected chi connectivity index (χ1v) is 8.18.